The molecule has 0 spiro atoms. The molecule has 0 aliphatic carbocycles. The van der Waals surface area contributed by atoms with E-state index in [1.165, 1.54) is 11.8 Å². The molecule has 2 heterocycles. The second kappa shape index (κ2) is 7.81. The van der Waals surface area contributed by atoms with E-state index >= 15 is 0 Å². The van der Waals surface area contributed by atoms with E-state index in [-0.39, 0.29) is 11.9 Å². The summed E-state index contributed by atoms with van der Waals surface area (Å²) in [7, 11) is 1.85. The molecule has 0 radical (unpaired) electrons. The van der Waals surface area contributed by atoms with Gasteiger partial charge in [-0.25, -0.2) is 0 Å². The number of carbonyl (C=O) groups excluding carboxylic acids is 1. The number of halogens is 1. The van der Waals surface area contributed by atoms with Crippen molar-refractivity contribution in [1.29, 1.82) is 0 Å². The molecule has 5 nitrogen and oxygen atoms in total. The third-order valence-electron chi connectivity index (χ3n) is 4.72. The lowest BCUT2D eigenvalue weighted by Gasteiger charge is -2.37. The van der Waals surface area contributed by atoms with E-state index in [9.17, 15) is 4.79 Å². The van der Waals surface area contributed by atoms with Crippen molar-refractivity contribution in [3.63, 3.8) is 0 Å². The maximum atomic E-state index is 12.6. The normalized spacial score (nSPS) is 18.5. The van der Waals surface area contributed by atoms with Crippen molar-refractivity contribution in [2.75, 3.05) is 26.7 Å². The van der Waals surface area contributed by atoms with E-state index in [0.717, 1.165) is 38.9 Å². The summed E-state index contributed by atoms with van der Waals surface area (Å²) >= 11 is 6.01. The molecule has 0 saturated carbocycles. The number of aromatic nitrogens is 2. The summed E-state index contributed by atoms with van der Waals surface area (Å²) in [5, 5.41) is 6.91. The molecular weight excluding hydrogens is 324 g/mol. The van der Waals surface area contributed by atoms with Crippen LogP contribution in [0.4, 0.5) is 0 Å². The number of piperidine rings is 1. The Labute approximate surface area is 147 Å². The predicted octanol–water partition coefficient (Wildman–Crippen LogP) is 2.84. The Bertz CT molecular complexity index is 673. The average Bonchev–Trinajstić information content (AvgIpc) is 3.06. The lowest BCUT2D eigenvalue weighted by Crippen LogP contribution is -2.49. The van der Waals surface area contributed by atoms with Gasteiger partial charge in [0.2, 0.25) is 0 Å². The van der Waals surface area contributed by atoms with Gasteiger partial charge in [-0.15, -0.1) is 0 Å². The van der Waals surface area contributed by atoms with Crippen LogP contribution >= 0.6 is 11.6 Å². The van der Waals surface area contributed by atoms with Crippen LogP contribution in [0.2, 0.25) is 5.02 Å². The molecule has 1 aliphatic rings. The van der Waals surface area contributed by atoms with Crippen LogP contribution in [-0.4, -0.2) is 58.6 Å². The van der Waals surface area contributed by atoms with Crippen LogP contribution in [0.1, 0.15) is 28.9 Å². The van der Waals surface area contributed by atoms with Crippen LogP contribution < -0.4 is 0 Å². The van der Waals surface area contributed by atoms with E-state index in [0.29, 0.717) is 10.7 Å². The zero-order valence-corrected chi connectivity index (χ0v) is 14.7. The minimum Gasteiger partial charge on any atom is -0.336 e. The molecule has 1 unspecified atom stereocenters. The topological polar surface area (TPSA) is 52.2 Å². The average molecular weight is 347 g/mol. The van der Waals surface area contributed by atoms with Crippen molar-refractivity contribution < 1.29 is 4.79 Å². The number of likely N-dealkylation sites (N-methyl/N-ethyl adjacent to an activating group) is 1. The van der Waals surface area contributed by atoms with Crippen molar-refractivity contribution in [3.8, 4) is 0 Å². The minimum atomic E-state index is -0.0904. The quantitative estimate of drug-likeness (QED) is 0.905. The largest absolute Gasteiger partial charge is 0.336 e. The van der Waals surface area contributed by atoms with E-state index < -0.39 is 0 Å². The third kappa shape index (κ3) is 3.97. The van der Waals surface area contributed by atoms with Gasteiger partial charge in [0.25, 0.3) is 5.91 Å². The maximum Gasteiger partial charge on any atom is 0.273 e. The molecule has 1 fully saturated rings. The highest BCUT2D eigenvalue weighted by atomic mass is 35.5. The number of aromatic amines is 1. The molecule has 1 atom stereocenters. The summed E-state index contributed by atoms with van der Waals surface area (Å²) < 4.78 is 0. The second-order valence-electron chi connectivity index (χ2n) is 6.34. The summed E-state index contributed by atoms with van der Waals surface area (Å²) in [4.78, 5) is 16.8. The monoisotopic (exact) mass is 346 g/mol. The molecule has 1 aromatic carbocycles. The van der Waals surface area contributed by atoms with Gasteiger partial charge in [0.05, 0.1) is 11.2 Å². The van der Waals surface area contributed by atoms with Crippen molar-refractivity contribution in [2.45, 2.75) is 25.3 Å². The standard InChI is InChI=1S/C18H23ClN4O/c1-22(18(24)17-16(19)12-20-21-17)15-8-5-10-23(13-15)11-9-14-6-3-2-4-7-14/h2-4,6-7,12,15H,5,8-11,13H2,1H3,(H,20,21). The fourth-order valence-corrected chi connectivity index (χ4v) is 3.42. The first-order valence-corrected chi connectivity index (χ1v) is 8.75. The number of likely N-dealkylation sites (tertiary alicyclic amines) is 1. The number of benzene rings is 1. The summed E-state index contributed by atoms with van der Waals surface area (Å²) in [5.41, 5.74) is 1.73. The van der Waals surface area contributed by atoms with E-state index in [1.807, 2.05) is 13.1 Å². The number of H-pyrrole nitrogens is 1. The summed E-state index contributed by atoms with van der Waals surface area (Å²) in [6.45, 7) is 3.02. The highest BCUT2D eigenvalue weighted by Gasteiger charge is 2.28. The Morgan fingerprint density at radius 1 is 1.42 bits per heavy atom. The summed E-state index contributed by atoms with van der Waals surface area (Å²) in [6, 6.07) is 10.7. The number of nitrogens with zero attached hydrogens (tertiary/aromatic N) is 3. The molecule has 3 rings (SSSR count). The van der Waals surface area contributed by atoms with Crippen LogP contribution in [0.3, 0.4) is 0 Å². The fraction of sp³-hybridized carbons (Fsp3) is 0.444. The smallest absolute Gasteiger partial charge is 0.273 e. The molecule has 1 aromatic heterocycles. The lowest BCUT2D eigenvalue weighted by molar-refractivity contribution is 0.0614. The van der Waals surface area contributed by atoms with Gasteiger partial charge in [0, 0.05) is 26.2 Å². The van der Waals surface area contributed by atoms with Crippen LogP contribution in [0.15, 0.2) is 36.5 Å². The highest BCUT2D eigenvalue weighted by molar-refractivity contribution is 6.33. The third-order valence-corrected chi connectivity index (χ3v) is 5.00. The van der Waals surface area contributed by atoms with Gasteiger partial charge in [-0.2, -0.15) is 5.10 Å². The Balaban J connectivity index is 1.56. The number of amides is 1. The van der Waals surface area contributed by atoms with Gasteiger partial charge in [-0.05, 0) is 31.4 Å². The van der Waals surface area contributed by atoms with Crippen molar-refractivity contribution in [3.05, 3.63) is 52.8 Å². The number of hydrogen-bond acceptors (Lipinski definition) is 3. The zero-order valence-electron chi connectivity index (χ0n) is 13.9. The maximum absolute atomic E-state index is 12.6. The summed E-state index contributed by atoms with van der Waals surface area (Å²) in [5.74, 6) is -0.0904. The molecule has 1 saturated heterocycles. The van der Waals surface area contributed by atoms with Crippen LogP contribution in [0.5, 0.6) is 0 Å². The van der Waals surface area contributed by atoms with Crippen LogP contribution in [0.25, 0.3) is 0 Å². The van der Waals surface area contributed by atoms with Gasteiger partial charge in [-0.1, -0.05) is 41.9 Å². The molecule has 1 N–H and O–H groups in total. The molecular formula is C18H23ClN4O. The van der Waals surface area contributed by atoms with Crippen molar-refractivity contribution >= 4 is 17.5 Å². The van der Waals surface area contributed by atoms with Gasteiger partial charge >= 0.3 is 0 Å². The zero-order chi connectivity index (χ0) is 16.9. The Hall–Kier alpha value is -1.85. The van der Waals surface area contributed by atoms with Gasteiger partial charge < -0.3 is 9.80 Å². The molecule has 0 bridgehead atoms. The molecule has 2 aromatic rings. The van der Waals surface area contributed by atoms with Crippen molar-refractivity contribution in [2.24, 2.45) is 0 Å². The highest BCUT2D eigenvalue weighted by Crippen LogP contribution is 2.19. The van der Waals surface area contributed by atoms with Crippen LogP contribution in [0, 0.1) is 0 Å². The van der Waals surface area contributed by atoms with Gasteiger partial charge in [-0.3, -0.25) is 9.89 Å². The molecule has 6 heteroatoms. The molecule has 128 valence electrons. The summed E-state index contributed by atoms with van der Waals surface area (Å²) in [6.07, 6.45) is 4.64. The van der Waals surface area contributed by atoms with Gasteiger partial charge in [0.1, 0.15) is 5.69 Å². The number of hydrogen-bond donors (Lipinski definition) is 1. The molecule has 1 aliphatic heterocycles. The first-order chi connectivity index (χ1) is 11.6. The van der Waals surface area contributed by atoms with Gasteiger partial charge in [0.15, 0.2) is 0 Å². The van der Waals surface area contributed by atoms with Crippen molar-refractivity contribution in [1.82, 2.24) is 20.0 Å². The van der Waals surface area contributed by atoms with E-state index in [4.69, 9.17) is 11.6 Å². The SMILES string of the molecule is CN(C(=O)c1[nH]ncc1Cl)C1CCCN(CCc2ccccc2)C1. The number of nitrogens with one attached hydrogen (secondary N) is 1. The lowest BCUT2D eigenvalue weighted by atomic mass is 10.0. The molecule has 1 amide bonds. The van der Waals surface area contributed by atoms with E-state index in [2.05, 4.69) is 39.4 Å². The number of rotatable bonds is 5. The van der Waals surface area contributed by atoms with E-state index in [1.54, 1.807) is 4.90 Å². The number of carbonyl (C=O) groups is 1. The second-order valence-corrected chi connectivity index (χ2v) is 6.75. The Kier molecular flexibility index (Phi) is 5.53. The predicted molar refractivity (Wildman–Crippen MR) is 95.3 cm³/mol. The Morgan fingerprint density at radius 2 is 2.21 bits per heavy atom. The first kappa shape index (κ1) is 17.0. The minimum absolute atomic E-state index is 0.0904. The molecule has 24 heavy (non-hydrogen) atoms. The first-order valence-electron chi connectivity index (χ1n) is 8.37. The Morgan fingerprint density at radius 3 is 2.92 bits per heavy atom. The fourth-order valence-electron chi connectivity index (χ4n) is 3.25. The van der Waals surface area contributed by atoms with Crippen LogP contribution in [-0.2, 0) is 6.42 Å².